The Morgan fingerprint density at radius 1 is 1.56 bits per heavy atom. The van der Waals surface area contributed by atoms with Gasteiger partial charge in [0.25, 0.3) is 5.69 Å². The average Bonchev–Trinajstić information content (AvgIpc) is 2.26. The first-order chi connectivity index (χ1) is 7.47. The maximum Gasteiger partial charge on any atom is 0.274 e. The molecule has 0 aliphatic heterocycles. The van der Waals surface area contributed by atoms with E-state index in [1.165, 1.54) is 24.8 Å². The Bertz CT molecular complexity index is 436. The lowest BCUT2D eigenvalue weighted by molar-refractivity contribution is -0.385. The van der Waals surface area contributed by atoms with Crippen LogP contribution in [-0.4, -0.2) is 17.0 Å². The summed E-state index contributed by atoms with van der Waals surface area (Å²) in [4.78, 5) is 21.9. The van der Waals surface area contributed by atoms with Crippen molar-refractivity contribution in [2.45, 2.75) is 16.6 Å². The van der Waals surface area contributed by atoms with Gasteiger partial charge in [0.15, 0.2) is 0 Å². The van der Waals surface area contributed by atoms with E-state index in [1.807, 2.05) is 6.26 Å². The summed E-state index contributed by atoms with van der Waals surface area (Å²) in [6.07, 6.45) is 1.88. The van der Waals surface area contributed by atoms with E-state index in [9.17, 15) is 14.9 Å². The summed E-state index contributed by atoms with van der Waals surface area (Å²) in [5.74, 6) is -0.152. The Hall–Kier alpha value is -0.880. The number of alkyl halides is 1. The van der Waals surface area contributed by atoms with Crippen LogP contribution < -0.4 is 0 Å². The van der Waals surface area contributed by atoms with Crippen molar-refractivity contribution in [1.82, 2.24) is 0 Å². The zero-order valence-corrected chi connectivity index (χ0v) is 11.2. The predicted molar refractivity (Wildman–Crippen MR) is 67.2 cm³/mol. The number of hydrogen-bond donors (Lipinski definition) is 0. The molecule has 0 aromatic heterocycles. The molecule has 86 valence electrons. The smallest absolute Gasteiger partial charge is 0.274 e. The minimum absolute atomic E-state index is 0.0325. The zero-order chi connectivity index (χ0) is 12.3. The van der Waals surface area contributed by atoms with Crippen LogP contribution in [0.15, 0.2) is 23.1 Å². The molecule has 1 aromatic rings. The number of carbonyl (C=O) groups excluding carboxylic acids is 1. The normalized spacial score (nSPS) is 12.2. The molecule has 0 heterocycles. The highest BCUT2D eigenvalue weighted by atomic mass is 79.9. The van der Waals surface area contributed by atoms with E-state index in [4.69, 9.17) is 0 Å². The Labute approximate surface area is 106 Å². The molecule has 0 radical (unpaired) electrons. The van der Waals surface area contributed by atoms with Gasteiger partial charge >= 0.3 is 0 Å². The van der Waals surface area contributed by atoms with Crippen molar-refractivity contribution in [1.29, 1.82) is 0 Å². The zero-order valence-electron chi connectivity index (χ0n) is 8.77. The van der Waals surface area contributed by atoms with Gasteiger partial charge in [0.05, 0.1) is 10.5 Å². The molecule has 16 heavy (non-hydrogen) atoms. The largest absolute Gasteiger partial charge is 0.298 e. The molecule has 1 aromatic carbocycles. The summed E-state index contributed by atoms with van der Waals surface area (Å²) in [5.41, 5.74) is 0.374. The summed E-state index contributed by atoms with van der Waals surface area (Å²) < 4.78 is 0. The molecule has 0 bridgehead atoms. The van der Waals surface area contributed by atoms with Gasteiger partial charge in [-0.05, 0) is 25.3 Å². The lowest BCUT2D eigenvalue weighted by Crippen LogP contribution is -2.05. The molecule has 0 N–H and O–H groups in total. The minimum atomic E-state index is -0.625. The van der Waals surface area contributed by atoms with E-state index >= 15 is 0 Å². The highest BCUT2D eigenvalue weighted by Crippen LogP contribution is 2.34. The minimum Gasteiger partial charge on any atom is -0.298 e. The van der Waals surface area contributed by atoms with Gasteiger partial charge in [-0.1, -0.05) is 15.9 Å². The Morgan fingerprint density at radius 3 is 2.62 bits per heavy atom. The average molecular weight is 304 g/mol. The second-order valence-electron chi connectivity index (χ2n) is 3.16. The van der Waals surface area contributed by atoms with Gasteiger partial charge in [-0.3, -0.25) is 14.9 Å². The molecule has 0 aliphatic carbocycles. The van der Waals surface area contributed by atoms with Crippen molar-refractivity contribution < 1.29 is 9.72 Å². The fraction of sp³-hybridized carbons (Fsp3) is 0.300. The molecule has 0 saturated heterocycles. The third-order valence-corrected chi connectivity index (χ3v) is 3.92. The van der Waals surface area contributed by atoms with E-state index in [1.54, 1.807) is 12.1 Å². The molecule has 1 atom stereocenters. The van der Waals surface area contributed by atoms with Gasteiger partial charge < -0.3 is 0 Å². The second-order valence-corrected chi connectivity index (χ2v) is 4.95. The van der Waals surface area contributed by atoms with Crippen LogP contribution in [0, 0.1) is 10.1 Å². The molecule has 0 amide bonds. The molecule has 0 aliphatic rings. The highest BCUT2D eigenvalue weighted by Gasteiger charge is 2.23. The molecular formula is C10H10BrNO3S. The number of rotatable bonds is 4. The van der Waals surface area contributed by atoms with Crippen LogP contribution in [-0.2, 0) is 4.79 Å². The lowest BCUT2D eigenvalue weighted by atomic mass is 10.1. The van der Waals surface area contributed by atoms with Gasteiger partial charge in [0, 0.05) is 11.0 Å². The molecule has 1 rings (SSSR count). The fourth-order valence-electron chi connectivity index (χ4n) is 1.25. The van der Waals surface area contributed by atoms with Crippen LogP contribution in [0.25, 0.3) is 0 Å². The van der Waals surface area contributed by atoms with E-state index < -0.39 is 9.75 Å². The third-order valence-electron chi connectivity index (χ3n) is 2.06. The SMILES string of the molecule is CSc1ccc([N+](=O)[O-])c(C(Br)C(C)=O)c1. The quantitative estimate of drug-likeness (QED) is 0.370. The predicted octanol–water partition coefficient (Wildman–Crippen LogP) is 3.34. The van der Waals surface area contributed by atoms with Gasteiger partial charge in [-0.2, -0.15) is 0 Å². The number of Topliss-reactive ketones (excluding diaryl/α,β-unsaturated/α-hetero) is 1. The van der Waals surface area contributed by atoms with E-state index in [2.05, 4.69) is 15.9 Å². The van der Waals surface area contributed by atoms with Crippen LogP contribution >= 0.6 is 27.7 Å². The molecule has 0 saturated carbocycles. The highest BCUT2D eigenvalue weighted by molar-refractivity contribution is 9.09. The fourth-order valence-corrected chi connectivity index (χ4v) is 2.06. The van der Waals surface area contributed by atoms with Crippen LogP contribution in [0.2, 0.25) is 0 Å². The van der Waals surface area contributed by atoms with Crippen molar-refractivity contribution >= 4 is 39.2 Å². The first-order valence-corrected chi connectivity index (χ1v) is 6.58. The number of nitrogens with zero attached hydrogens (tertiary/aromatic N) is 1. The molecule has 4 nitrogen and oxygen atoms in total. The lowest BCUT2D eigenvalue weighted by Gasteiger charge is -2.08. The third kappa shape index (κ3) is 2.82. The first-order valence-electron chi connectivity index (χ1n) is 4.44. The van der Waals surface area contributed by atoms with Gasteiger partial charge in [-0.25, -0.2) is 0 Å². The van der Waals surface area contributed by atoms with Crippen molar-refractivity contribution in [3.05, 3.63) is 33.9 Å². The van der Waals surface area contributed by atoms with Crippen LogP contribution in [0.3, 0.4) is 0 Å². The molecule has 0 spiro atoms. The van der Waals surface area contributed by atoms with Gasteiger partial charge in [0.2, 0.25) is 0 Å². The number of carbonyl (C=O) groups is 1. The maximum atomic E-state index is 11.2. The van der Waals surface area contributed by atoms with E-state index in [0.29, 0.717) is 5.56 Å². The standard InChI is InChI=1S/C10H10BrNO3S/c1-6(13)10(11)8-5-7(16-2)3-4-9(8)12(14)15/h3-5,10H,1-2H3. The van der Waals surface area contributed by atoms with Crippen LogP contribution in [0.4, 0.5) is 5.69 Å². The Balaban J connectivity index is 3.30. The number of hydrogen-bond acceptors (Lipinski definition) is 4. The number of ketones is 1. The topological polar surface area (TPSA) is 60.2 Å². The van der Waals surface area contributed by atoms with Gasteiger partial charge in [-0.15, -0.1) is 11.8 Å². The second kappa shape index (κ2) is 5.45. The van der Waals surface area contributed by atoms with E-state index in [0.717, 1.165) is 4.90 Å². The van der Waals surface area contributed by atoms with E-state index in [-0.39, 0.29) is 11.5 Å². The summed E-state index contributed by atoms with van der Waals surface area (Å²) in [5, 5.41) is 10.8. The molecule has 0 fully saturated rings. The Kier molecular flexibility index (Phi) is 4.49. The van der Waals surface area contributed by atoms with Gasteiger partial charge in [0.1, 0.15) is 10.6 Å². The monoisotopic (exact) mass is 303 g/mol. The van der Waals surface area contributed by atoms with Crippen LogP contribution in [0.1, 0.15) is 17.3 Å². The maximum absolute atomic E-state index is 11.2. The number of halogens is 1. The van der Waals surface area contributed by atoms with Crippen molar-refractivity contribution in [3.8, 4) is 0 Å². The molecular weight excluding hydrogens is 294 g/mol. The number of benzene rings is 1. The van der Waals surface area contributed by atoms with Crippen LogP contribution in [0.5, 0.6) is 0 Å². The number of nitro groups is 1. The Morgan fingerprint density at radius 2 is 2.19 bits per heavy atom. The van der Waals surface area contributed by atoms with Crippen molar-refractivity contribution in [2.24, 2.45) is 0 Å². The summed E-state index contributed by atoms with van der Waals surface area (Å²) >= 11 is 4.65. The number of nitro benzene ring substituents is 1. The first kappa shape index (κ1) is 13.2. The summed E-state index contributed by atoms with van der Waals surface area (Å²) in [6.45, 7) is 1.40. The summed E-state index contributed by atoms with van der Waals surface area (Å²) in [7, 11) is 0. The summed E-state index contributed by atoms with van der Waals surface area (Å²) in [6, 6.07) is 4.77. The van der Waals surface area contributed by atoms with Crippen molar-refractivity contribution in [2.75, 3.05) is 6.26 Å². The molecule has 6 heteroatoms. The van der Waals surface area contributed by atoms with Crippen molar-refractivity contribution in [3.63, 3.8) is 0 Å². The molecule has 1 unspecified atom stereocenters. The number of thioether (sulfide) groups is 1.